The van der Waals surface area contributed by atoms with Gasteiger partial charge in [0.1, 0.15) is 0 Å². The van der Waals surface area contributed by atoms with Crippen molar-refractivity contribution < 1.29 is 4.79 Å². The van der Waals surface area contributed by atoms with Crippen molar-refractivity contribution in [2.24, 2.45) is 0 Å². The number of anilines is 1. The zero-order chi connectivity index (χ0) is 16.1. The predicted molar refractivity (Wildman–Crippen MR) is 93.5 cm³/mol. The van der Waals surface area contributed by atoms with E-state index in [4.69, 9.17) is 0 Å². The van der Waals surface area contributed by atoms with Gasteiger partial charge in [0.2, 0.25) is 5.95 Å². The summed E-state index contributed by atoms with van der Waals surface area (Å²) < 4.78 is 0.868. The van der Waals surface area contributed by atoms with E-state index in [1.165, 1.54) is 6.42 Å². The number of amides is 1. The van der Waals surface area contributed by atoms with Crippen LogP contribution in [0.15, 0.2) is 47.2 Å². The molecule has 5 nitrogen and oxygen atoms in total. The molecule has 1 N–H and O–H groups in total. The van der Waals surface area contributed by atoms with Gasteiger partial charge >= 0.3 is 0 Å². The quantitative estimate of drug-likeness (QED) is 0.893. The molecule has 0 bridgehead atoms. The Morgan fingerprint density at radius 2 is 1.96 bits per heavy atom. The Morgan fingerprint density at radius 1 is 1.22 bits per heavy atom. The SMILES string of the molecule is O=C(NCC1CCCCN1c1ncc(Br)cn1)c1ccccc1. The summed E-state index contributed by atoms with van der Waals surface area (Å²) in [6, 6.07) is 9.54. The molecule has 1 aromatic heterocycles. The van der Waals surface area contributed by atoms with Gasteiger partial charge < -0.3 is 10.2 Å². The maximum Gasteiger partial charge on any atom is 0.251 e. The average molecular weight is 375 g/mol. The number of carbonyl (C=O) groups is 1. The van der Waals surface area contributed by atoms with Gasteiger partial charge in [-0.2, -0.15) is 0 Å². The second-order valence-corrected chi connectivity index (χ2v) is 6.54. The number of rotatable bonds is 4. The summed E-state index contributed by atoms with van der Waals surface area (Å²) >= 11 is 3.36. The van der Waals surface area contributed by atoms with Crippen LogP contribution in [-0.2, 0) is 0 Å². The van der Waals surface area contributed by atoms with Crippen molar-refractivity contribution in [3.63, 3.8) is 0 Å². The first-order valence-electron chi connectivity index (χ1n) is 7.81. The van der Waals surface area contributed by atoms with Crippen molar-refractivity contribution >= 4 is 27.8 Å². The Bertz CT molecular complexity index is 647. The standard InChI is InChI=1S/C17H19BrN4O/c18-14-10-20-17(21-11-14)22-9-5-4-8-15(22)12-19-16(23)13-6-2-1-3-7-13/h1-3,6-7,10-11,15H,4-5,8-9,12H2,(H,19,23). The lowest BCUT2D eigenvalue weighted by Crippen LogP contribution is -2.47. The van der Waals surface area contributed by atoms with Crippen molar-refractivity contribution in [1.82, 2.24) is 15.3 Å². The van der Waals surface area contributed by atoms with Crippen molar-refractivity contribution in [1.29, 1.82) is 0 Å². The van der Waals surface area contributed by atoms with Crippen LogP contribution in [0.5, 0.6) is 0 Å². The average Bonchev–Trinajstić information content (AvgIpc) is 2.61. The zero-order valence-electron chi connectivity index (χ0n) is 12.8. The summed E-state index contributed by atoms with van der Waals surface area (Å²) in [5.41, 5.74) is 0.690. The molecule has 6 heteroatoms. The summed E-state index contributed by atoms with van der Waals surface area (Å²) in [4.78, 5) is 23.2. The number of piperidine rings is 1. The molecular formula is C17H19BrN4O. The second kappa shape index (κ2) is 7.55. The van der Waals surface area contributed by atoms with Crippen LogP contribution >= 0.6 is 15.9 Å². The minimum Gasteiger partial charge on any atom is -0.350 e. The molecule has 0 spiro atoms. The molecule has 0 radical (unpaired) electrons. The Labute approximate surface area is 144 Å². The minimum absolute atomic E-state index is 0.0344. The van der Waals surface area contributed by atoms with Crippen LogP contribution in [0.4, 0.5) is 5.95 Å². The third-order valence-electron chi connectivity index (χ3n) is 4.02. The van der Waals surface area contributed by atoms with Crippen LogP contribution in [0, 0.1) is 0 Å². The monoisotopic (exact) mass is 374 g/mol. The van der Waals surface area contributed by atoms with E-state index in [2.05, 4.69) is 36.1 Å². The molecule has 0 saturated carbocycles. The van der Waals surface area contributed by atoms with E-state index in [9.17, 15) is 4.79 Å². The van der Waals surface area contributed by atoms with E-state index >= 15 is 0 Å². The van der Waals surface area contributed by atoms with E-state index in [0.29, 0.717) is 12.1 Å². The summed E-state index contributed by atoms with van der Waals surface area (Å²) in [7, 11) is 0. The molecule has 1 aliphatic rings. The van der Waals surface area contributed by atoms with Crippen LogP contribution in [-0.4, -0.2) is 35.0 Å². The third kappa shape index (κ3) is 4.07. The molecule has 1 fully saturated rings. The number of nitrogens with zero attached hydrogens (tertiary/aromatic N) is 3. The Kier molecular flexibility index (Phi) is 5.23. The van der Waals surface area contributed by atoms with Crippen molar-refractivity contribution in [3.05, 3.63) is 52.8 Å². The molecule has 23 heavy (non-hydrogen) atoms. The van der Waals surface area contributed by atoms with Crippen molar-refractivity contribution in [3.8, 4) is 0 Å². The van der Waals surface area contributed by atoms with E-state index < -0.39 is 0 Å². The van der Waals surface area contributed by atoms with E-state index in [1.54, 1.807) is 12.4 Å². The fourth-order valence-electron chi connectivity index (χ4n) is 2.83. The van der Waals surface area contributed by atoms with Crippen LogP contribution in [0.25, 0.3) is 0 Å². The van der Waals surface area contributed by atoms with Crippen LogP contribution in [0.3, 0.4) is 0 Å². The highest BCUT2D eigenvalue weighted by Crippen LogP contribution is 2.22. The van der Waals surface area contributed by atoms with Gasteiger partial charge in [-0.05, 0) is 47.3 Å². The number of carbonyl (C=O) groups excluding carboxylic acids is 1. The van der Waals surface area contributed by atoms with Crippen molar-refractivity contribution in [2.75, 3.05) is 18.0 Å². The molecule has 1 aromatic carbocycles. The minimum atomic E-state index is -0.0344. The topological polar surface area (TPSA) is 58.1 Å². The van der Waals surface area contributed by atoms with E-state index in [0.717, 1.165) is 29.8 Å². The highest BCUT2D eigenvalue weighted by atomic mass is 79.9. The Balaban J connectivity index is 1.65. The number of benzene rings is 1. The summed E-state index contributed by atoms with van der Waals surface area (Å²) in [6.07, 6.45) is 6.85. The zero-order valence-corrected chi connectivity index (χ0v) is 14.4. The molecule has 1 atom stereocenters. The molecule has 3 rings (SSSR count). The lowest BCUT2D eigenvalue weighted by molar-refractivity contribution is 0.0949. The molecule has 2 heterocycles. The summed E-state index contributed by atoms with van der Waals surface area (Å²) in [6.45, 7) is 1.53. The maximum atomic E-state index is 12.2. The number of hydrogen-bond donors (Lipinski definition) is 1. The fraction of sp³-hybridized carbons (Fsp3) is 0.353. The van der Waals surface area contributed by atoms with Gasteiger partial charge in [0.25, 0.3) is 5.91 Å². The molecule has 2 aromatic rings. The van der Waals surface area contributed by atoms with Crippen LogP contribution in [0.1, 0.15) is 29.6 Å². The van der Waals surface area contributed by atoms with Crippen molar-refractivity contribution in [2.45, 2.75) is 25.3 Å². The normalized spacial score (nSPS) is 17.8. The highest BCUT2D eigenvalue weighted by Gasteiger charge is 2.25. The predicted octanol–water partition coefficient (Wildman–Crippen LogP) is 3.03. The molecule has 1 saturated heterocycles. The number of hydrogen-bond acceptors (Lipinski definition) is 4. The lowest BCUT2D eigenvalue weighted by atomic mass is 10.0. The first-order valence-corrected chi connectivity index (χ1v) is 8.61. The van der Waals surface area contributed by atoms with Gasteiger partial charge in [-0.3, -0.25) is 4.79 Å². The van der Waals surface area contributed by atoms with E-state index in [-0.39, 0.29) is 11.9 Å². The van der Waals surface area contributed by atoms with Gasteiger partial charge in [-0.25, -0.2) is 9.97 Å². The smallest absolute Gasteiger partial charge is 0.251 e. The Hall–Kier alpha value is -1.95. The first-order chi connectivity index (χ1) is 11.2. The summed E-state index contributed by atoms with van der Waals surface area (Å²) in [5.74, 6) is 0.694. The third-order valence-corrected chi connectivity index (χ3v) is 4.43. The highest BCUT2D eigenvalue weighted by molar-refractivity contribution is 9.10. The maximum absolute atomic E-state index is 12.2. The Morgan fingerprint density at radius 3 is 2.70 bits per heavy atom. The first kappa shape index (κ1) is 15.9. The molecule has 1 amide bonds. The fourth-order valence-corrected chi connectivity index (χ4v) is 3.04. The van der Waals surface area contributed by atoms with Gasteiger partial charge in [0, 0.05) is 37.1 Å². The lowest BCUT2D eigenvalue weighted by Gasteiger charge is -2.35. The van der Waals surface area contributed by atoms with Gasteiger partial charge in [-0.15, -0.1) is 0 Å². The number of halogens is 1. The number of nitrogens with one attached hydrogen (secondary N) is 1. The molecule has 0 aliphatic carbocycles. The van der Waals surface area contributed by atoms with Crippen LogP contribution in [0.2, 0.25) is 0 Å². The van der Waals surface area contributed by atoms with Gasteiger partial charge in [0.15, 0.2) is 0 Å². The van der Waals surface area contributed by atoms with Gasteiger partial charge in [-0.1, -0.05) is 18.2 Å². The van der Waals surface area contributed by atoms with Crippen LogP contribution < -0.4 is 10.2 Å². The molecule has 120 valence electrons. The second-order valence-electron chi connectivity index (χ2n) is 5.62. The number of aromatic nitrogens is 2. The molecule has 1 unspecified atom stereocenters. The van der Waals surface area contributed by atoms with E-state index in [1.807, 2.05) is 30.3 Å². The largest absolute Gasteiger partial charge is 0.350 e. The molecular weight excluding hydrogens is 356 g/mol. The molecule has 1 aliphatic heterocycles. The summed E-state index contributed by atoms with van der Waals surface area (Å²) in [5, 5.41) is 3.03. The van der Waals surface area contributed by atoms with Gasteiger partial charge in [0.05, 0.1) is 4.47 Å².